The van der Waals surface area contributed by atoms with Crippen molar-refractivity contribution in [2.75, 3.05) is 20.1 Å². The van der Waals surface area contributed by atoms with Crippen LogP contribution in [0.1, 0.15) is 30.9 Å². The van der Waals surface area contributed by atoms with Gasteiger partial charge in [0.15, 0.2) is 0 Å². The summed E-state index contributed by atoms with van der Waals surface area (Å²) in [6.07, 6.45) is 1.85. The Morgan fingerprint density at radius 1 is 1.07 bits per heavy atom. The van der Waals surface area contributed by atoms with Gasteiger partial charge in [0.05, 0.1) is 0 Å². The van der Waals surface area contributed by atoms with E-state index in [0.717, 1.165) is 18.1 Å². The smallest absolute Gasteiger partial charge is 0.245 e. The highest BCUT2D eigenvalue weighted by Crippen LogP contribution is 2.26. The van der Waals surface area contributed by atoms with Crippen molar-refractivity contribution in [1.29, 1.82) is 0 Å². The van der Waals surface area contributed by atoms with Gasteiger partial charge >= 0.3 is 0 Å². The van der Waals surface area contributed by atoms with Gasteiger partial charge in [0, 0.05) is 32.6 Å². The number of hydrogen-bond donors (Lipinski definition) is 0. The first-order valence-corrected chi connectivity index (χ1v) is 11.3. The number of sulfonamides is 1. The molecule has 1 fully saturated rings. The fraction of sp³-hybridized carbons (Fsp3) is 0.409. The molecule has 7 heteroatoms. The number of nitrogens with zero attached hydrogens (tertiary/aromatic N) is 2. The normalized spacial score (nSPS) is 16.0. The van der Waals surface area contributed by atoms with Crippen LogP contribution < -0.4 is 0 Å². The zero-order valence-electron chi connectivity index (χ0n) is 16.8. The maximum Gasteiger partial charge on any atom is 0.245 e. The zero-order chi connectivity index (χ0) is 21.0. The van der Waals surface area contributed by atoms with Crippen molar-refractivity contribution in [2.45, 2.75) is 37.6 Å². The molecule has 5 nitrogen and oxygen atoms in total. The van der Waals surface area contributed by atoms with Crippen molar-refractivity contribution >= 4 is 15.9 Å². The largest absolute Gasteiger partial charge is 0.341 e. The molecule has 29 heavy (non-hydrogen) atoms. The monoisotopic (exact) mass is 418 g/mol. The molecule has 0 unspecified atom stereocenters. The van der Waals surface area contributed by atoms with Gasteiger partial charge in [-0.1, -0.05) is 43.3 Å². The summed E-state index contributed by atoms with van der Waals surface area (Å²) in [5.41, 5.74) is 2.32. The summed E-state index contributed by atoms with van der Waals surface area (Å²) in [4.78, 5) is 14.2. The van der Waals surface area contributed by atoms with E-state index in [0.29, 0.717) is 19.4 Å². The summed E-state index contributed by atoms with van der Waals surface area (Å²) < 4.78 is 40.6. The van der Waals surface area contributed by atoms with E-state index < -0.39 is 15.8 Å². The van der Waals surface area contributed by atoms with Crippen LogP contribution in [0.3, 0.4) is 0 Å². The predicted molar refractivity (Wildman–Crippen MR) is 110 cm³/mol. The molecule has 2 aromatic carbocycles. The first kappa shape index (κ1) is 21.5. The SMILES string of the molecule is CCc1ccc(CN(C)C(=O)C2CCN(S(=O)(=O)c3ccccc3F)CC2)cc1. The molecule has 1 aliphatic rings. The molecule has 2 aromatic rings. The number of rotatable bonds is 6. The van der Waals surface area contributed by atoms with Gasteiger partial charge in [0.25, 0.3) is 0 Å². The van der Waals surface area contributed by atoms with E-state index >= 15 is 0 Å². The van der Waals surface area contributed by atoms with E-state index in [1.54, 1.807) is 11.9 Å². The highest BCUT2D eigenvalue weighted by Gasteiger charge is 2.34. The standard InChI is InChI=1S/C22H27FN2O3S/c1-3-17-8-10-18(11-9-17)16-24(2)22(26)19-12-14-25(15-13-19)29(27,28)21-7-5-4-6-20(21)23/h4-11,19H,3,12-16H2,1-2H3. The molecule has 1 amide bonds. The van der Waals surface area contributed by atoms with E-state index in [-0.39, 0.29) is 29.8 Å². The molecule has 1 heterocycles. The molecule has 3 rings (SSSR count). The molecular formula is C22H27FN2O3S. The number of carbonyl (C=O) groups is 1. The zero-order valence-corrected chi connectivity index (χ0v) is 17.7. The minimum atomic E-state index is -3.88. The van der Waals surface area contributed by atoms with Gasteiger partial charge in [0.1, 0.15) is 10.7 Å². The molecule has 0 atom stereocenters. The number of carbonyl (C=O) groups excluding carboxylic acids is 1. The molecule has 0 aromatic heterocycles. The van der Waals surface area contributed by atoms with Gasteiger partial charge in [0.2, 0.25) is 15.9 Å². The highest BCUT2D eigenvalue weighted by atomic mass is 32.2. The average molecular weight is 419 g/mol. The van der Waals surface area contributed by atoms with Crippen LogP contribution in [-0.2, 0) is 27.8 Å². The van der Waals surface area contributed by atoms with Crippen LogP contribution in [0.2, 0.25) is 0 Å². The van der Waals surface area contributed by atoms with Crippen molar-refractivity contribution in [3.05, 3.63) is 65.5 Å². The van der Waals surface area contributed by atoms with E-state index in [9.17, 15) is 17.6 Å². The third-order valence-electron chi connectivity index (χ3n) is 5.48. The summed E-state index contributed by atoms with van der Waals surface area (Å²) in [5.74, 6) is -0.950. The van der Waals surface area contributed by atoms with E-state index in [4.69, 9.17) is 0 Å². The molecule has 0 bridgehead atoms. The van der Waals surface area contributed by atoms with Crippen LogP contribution in [0.25, 0.3) is 0 Å². The average Bonchev–Trinajstić information content (AvgIpc) is 2.74. The lowest BCUT2D eigenvalue weighted by atomic mass is 9.96. The molecule has 0 spiro atoms. The quantitative estimate of drug-likeness (QED) is 0.722. The minimum absolute atomic E-state index is 0.0208. The maximum atomic E-state index is 13.9. The Morgan fingerprint density at radius 3 is 2.24 bits per heavy atom. The lowest BCUT2D eigenvalue weighted by Crippen LogP contribution is -2.43. The Balaban J connectivity index is 1.59. The Hall–Kier alpha value is -2.25. The molecule has 156 valence electrons. The number of piperidine rings is 1. The van der Waals surface area contributed by atoms with Crippen LogP contribution in [0.4, 0.5) is 4.39 Å². The fourth-order valence-electron chi connectivity index (χ4n) is 3.68. The molecule has 0 aliphatic carbocycles. The minimum Gasteiger partial charge on any atom is -0.341 e. The van der Waals surface area contributed by atoms with Gasteiger partial charge < -0.3 is 4.90 Å². The van der Waals surface area contributed by atoms with Crippen LogP contribution in [-0.4, -0.2) is 43.7 Å². The Labute approximate surface area is 172 Å². The first-order valence-electron chi connectivity index (χ1n) is 9.90. The second-order valence-electron chi connectivity index (χ2n) is 7.47. The highest BCUT2D eigenvalue weighted by molar-refractivity contribution is 7.89. The number of amides is 1. The molecule has 1 saturated heterocycles. The second kappa shape index (κ2) is 9.05. The van der Waals surface area contributed by atoms with Gasteiger partial charge in [-0.15, -0.1) is 0 Å². The lowest BCUT2D eigenvalue weighted by Gasteiger charge is -2.32. The van der Waals surface area contributed by atoms with Crippen LogP contribution >= 0.6 is 0 Å². The lowest BCUT2D eigenvalue weighted by molar-refractivity contribution is -0.135. The van der Waals surface area contributed by atoms with Gasteiger partial charge in [-0.25, -0.2) is 12.8 Å². The molecule has 0 radical (unpaired) electrons. The Kier molecular flexibility index (Phi) is 6.70. The van der Waals surface area contributed by atoms with Crippen molar-refractivity contribution in [2.24, 2.45) is 5.92 Å². The predicted octanol–water partition coefficient (Wildman–Crippen LogP) is 3.45. The summed E-state index contributed by atoms with van der Waals surface area (Å²) in [7, 11) is -2.11. The fourth-order valence-corrected chi connectivity index (χ4v) is 5.21. The number of aryl methyl sites for hydroxylation is 1. The van der Waals surface area contributed by atoms with Crippen molar-refractivity contribution < 1.29 is 17.6 Å². The summed E-state index contributed by atoms with van der Waals surface area (Å²) in [6, 6.07) is 13.6. The summed E-state index contributed by atoms with van der Waals surface area (Å²) >= 11 is 0. The number of halogens is 1. The van der Waals surface area contributed by atoms with Crippen molar-refractivity contribution in [3.63, 3.8) is 0 Å². The van der Waals surface area contributed by atoms with Crippen molar-refractivity contribution in [3.8, 4) is 0 Å². The van der Waals surface area contributed by atoms with Crippen molar-refractivity contribution in [1.82, 2.24) is 9.21 Å². The second-order valence-corrected chi connectivity index (χ2v) is 9.38. The van der Waals surface area contributed by atoms with Crippen LogP contribution in [0.15, 0.2) is 53.4 Å². The Morgan fingerprint density at radius 2 is 1.66 bits per heavy atom. The maximum absolute atomic E-state index is 13.9. The third-order valence-corrected chi connectivity index (χ3v) is 7.42. The van der Waals surface area contributed by atoms with E-state index in [2.05, 4.69) is 19.1 Å². The molecule has 0 saturated carbocycles. The molecule has 1 aliphatic heterocycles. The summed E-state index contributed by atoms with van der Waals surface area (Å²) in [6.45, 7) is 3.05. The van der Waals surface area contributed by atoms with Crippen LogP contribution in [0.5, 0.6) is 0 Å². The third kappa shape index (κ3) is 4.85. The topological polar surface area (TPSA) is 57.7 Å². The van der Waals surface area contributed by atoms with Gasteiger partial charge in [-0.2, -0.15) is 4.31 Å². The molecular weight excluding hydrogens is 391 g/mol. The van der Waals surface area contributed by atoms with Crippen LogP contribution in [0, 0.1) is 11.7 Å². The van der Waals surface area contributed by atoms with Gasteiger partial charge in [-0.05, 0) is 42.5 Å². The van der Waals surface area contributed by atoms with Gasteiger partial charge in [-0.3, -0.25) is 4.79 Å². The number of hydrogen-bond acceptors (Lipinski definition) is 3. The number of benzene rings is 2. The van der Waals surface area contributed by atoms with E-state index in [1.165, 1.54) is 28.1 Å². The summed E-state index contributed by atoms with van der Waals surface area (Å²) in [5, 5.41) is 0. The molecule has 0 N–H and O–H groups in total. The first-order chi connectivity index (χ1) is 13.8. The Bertz CT molecular complexity index is 952. The van der Waals surface area contributed by atoms with E-state index in [1.807, 2.05) is 12.1 Å².